The van der Waals surface area contributed by atoms with Crippen molar-refractivity contribution in [3.8, 4) is 11.1 Å². The molecule has 0 atom stereocenters. The van der Waals surface area contributed by atoms with Crippen LogP contribution in [0.3, 0.4) is 0 Å². The molecule has 0 fully saturated rings. The van der Waals surface area contributed by atoms with Crippen molar-refractivity contribution >= 4 is 10.8 Å². The fourth-order valence-corrected chi connectivity index (χ4v) is 2.67. The first-order valence-corrected chi connectivity index (χ1v) is 6.73. The Hall–Kier alpha value is -2.12. The molecule has 0 saturated heterocycles. The van der Waals surface area contributed by atoms with Gasteiger partial charge in [-0.25, -0.2) is 0 Å². The monoisotopic (exact) mass is 263 g/mol. The van der Waals surface area contributed by atoms with Gasteiger partial charge in [-0.2, -0.15) is 0 Å². The van der Waals surface area contributed by atoms with E-state index in [1.165, 1.54) is 38.6 Å². The molecule has 0 spiro atoms. The van der Waals surface area contributed by atoms with Crippen LogP contribution in [0.15, 0.2) is 54.6 Å². The largest absolute Gasteiger partial charge is 0.344 e. The van der Waals surface area contributed by atoms with E-state index in [1.807, 2.05) is 0 Å². The molecule has 3 aromatic rings. The van der Waals surface area contributed by atoms with Gasteiger partial charge in [0.05, 0.1) is 0 Å². The standard InChI is InChI=1S/C19H18.H3N/c1-13-8-10-16(11-9-13)19-12-17-6-4-5-7-18(17)14(2)15(19)3;/h4-12H,1-3H3;1H3. The van der Waals surface area contributed by atoms with Gasteiger partial charge in [0.15, 0.2) is 0 Å². The van der Waals surface area contributed by atoms with Crippen molar-refractivity contribution in [2.24, 2.45) is 0 Å². The van der Waals surface area contributed by atoms with E-state index in [4.69, 9.17) is 0 Å². The van der Waals surface area contributed by atoms with E-state index < -0.39 is 0 Å². The zero-order chi connectivity index (χ0) is 13.4. The molecule has 0 saturated carbocycles. The Morgan fingerprint density at radius 2 is 1.35 bits per heavy atom. The maximum Gasteiger partial charge on any atom is -0.0146 e. The molecule has 0 heterocycles. The number of hydrogen-bond acceptors (Lipinski definition) is 1. The van der Waals surface area contributed by atoms with E-state index in [2.05, 4.69) is 75.4 Å². The van der Waals surface area contributed by atoms with Gasteiger partial charge in [0.2, 0.25) is 0 Å². The zero-order valence-electron chi connectivity index (χ0n) is 12.4. The minimum absolute atomic E-state index is 0. The Morgan fingerprint density at radius 1 is 0.700 bits per heavy atom. The Bertz CT molecular complexity index is 740. The van der Waals surface area contributed by atoms with E-state index in [0.717, 1.165) is 0 Å². The Kier molecular flexibility index (Phi) is 3.91. The van der Waals surface area contributed by atoms with E-state index in [0.29, 0.717) is 0 Å². The maximum absolute atomic E-state index is 2.31. The lowest BCUT2D eigenvalue weighted by atomic mass is 9.92. The highest BCUT2D eigenvalue weighted by molar-refractivity contribution is 5.92. The molecule has 3 N–H and O–H groups in total. The second-order valence-corrected chi connectivity index (χ2v) is 5.26. The van der Waals surface area contributed by atoms with Crippen LogP contribution in [-0.2, 0) is 0 Å². The van der Waals surface area contributed by atoms with Crippen LogP contribution in [0.4, 0.5) is 0 Å². The molecule has 0 aliphatic carbocycles. The SMILES string of the molecule is Cc1ccc(-c2cc3ccccc3c(C)c2C)cc1.N. The highest BCUT2D eigenvalue weighted by Crippen LogP contribution is 2.31. The van der Waals surface area contributed by atoms with Crippen molar-refractivity contribution in [3.63, 3.8) is 0 Å². The highest BCUT2D eigenvalue weighted by atomic mass is 14.1. The first kappa shape index (κ1) is 14.3. The van der Waals surface area contributed by atoms with Gasteiger partial charge in [0.1, 0.15) is 0 Å². The molecule has 0 amide bonds. The summed E-state index contributed by atoms with van der Waals surface area (Å²) in [7, 11) is 0. The summed E-state index contributed by atoms with van der Waals surface area (Å²) in [4.78, 5) is 0. The second-order valence-electron chi connectivity index (χ2n) is 5.26. The summed E-state index contributed by atoms with van der Waals surface area (Å²) in [5.74, 6) is 0. The lowest BCUT2D eigenvalue weighted by molar-refractivity contribution is 1.37. The smallest absolute Gasteiger partial charge is 0.0146 e. The lowest BCUT2D eigenvalue weighted by Gasteiger charge is -2.13. The van der Waals surface area contributed by atoms with Crippen LogP contribution in [0.2, 0.25) is 0 Å². The van der Waals surface area contributed by atoms with Gasteiger partial charge < -0.3 is 6.15 Å². The Balaban J connectivity index is 0.00000147. The van der Waals surface area contributed by atoms with Gasteiger partial charge >= 0.3 is 0 Å². The number of fused-ring (bicyclic) bond motifs is 1. The molecule has 0 radical (unpaired) electrons. The van der Waals surface area contributed by atoms with E-state index in [9.17, 15) is 0 Å². The molecular weight excluding hydrogens is 242 g/mol. The van der Waals surface area contributed by atoms with Crippen molar-refractivity contribution in [2.75, 3.05) is 0 Å². The predicted molar refractivity (Wildman–Crippen MR) is 88.6 cm³/mol. The summed E-state index contributed by atoms with van der Waals surface area (Å²) < 4.78 is 0. The number of rotatable bonds is 1. The average molecular weight is 263 g/mol. The number of hydrogen-bond donors (Lipinski definition) is 1. The summed E-state index contributed by atoms with van der Waals surface area (Å²) in [6.07, 6.45) is 0. The van der Waals surface area contributed by atoms with Crippen molar-refractivity contribution < 1.29 is 0 Å². The molecule has 0 unspecified atom stereocenters. The predicted octanol–water partition coefficient (Wildman–Crippen LogP) is 5.59. The van der Waals surface area contributed by atoms with Crippen LogP contribution in [0.25, 0.3) is 21.9 Å². The minimum Gasteiger partial charge on any atom is -0.344 e. The summed E-state index contributed by atoms with van der Waals surface area (Å²) in [6, 6.07) is 19.7. The van der Waals surface area contributed by atoms with Crippen molar-refractivity contribution in [2.45, 2.75) is 20.8 Å². The molecule has 102 valence electrons. The van der Waals surface area contributed by atoms with Crippen LogP contribution in [-0.4, -0.2) is 0 Å². The van der Waals surface area contributed by atoms with Crippen LogP contribution in [0.1, 0.15) is 16.7 Å². The minimum atomic E-state index is 0. The summed E-state index contributed by atoms with van der Waals surface area (Å²) in [6.45, 7) is 6.56. The molecule has 3 aromatic carbocycles. The van der Waals surface area contributed by atoms with E-state index in [1.54, 1.807) is 0 Å². The van der Waals surface area contributed by atoms with Gasteiger partial charge in [-0.15, -0.1) is 0 Å². The fourth-order valence-electron chi connectivity index (χ4n) is 2.67. The first-order chi connectivity index (χ1) is 9.16. The third-order valence-corrected chi connectivity index (χ3v) is 3.99. The highest BCUT2D eigenvalue weighted by Gasteiger charge is 2.08. The van der Waals surface area contributed by atoms with Crippen LogP contribution in [0, 0.1) is 20.8 Å². The van der Waals surface area contributed by atoms with E-state index >= 15 is 0 Å². The number of aryl methyl sites for hydroxylation is 2. The second kappa shape index (κ2) is 5.48. The van der Waals surface area contributed by atoms with E-state index in [-0.39, 0.29) is 6.15 Å². The first-order valence-electron chi connectivity index (χ1n) is 6.73. The van der Waals surface area contributed by atoms with Gasteiger partial charge in [0.25, 0.3) is 0 Å². The molecule has 1 heteroatoms. The van der Waals surface area contributed by atoms with Gasteiger partial charge in [0, 0.05) is 0 Å². The van der Waals surface area contributed by atoms with Crippen LogP contribution < -0.4 is 6.15 Å². The molecule has 20 heavy (non-hydrogen) atoms. The fraction of sp³-hybridized carbons (Fsp3) is 0.158. The molecule has 0 bridgehead atoms. The summed E-state index contributed by atoms with van der Waals surface area (Å²) in [5, 5.41) is 2.68. The average Bonchev–Trinajstić information content (AvgIpc) is 2.44. The molecule has 1 nitrogen and oxygen atoms in total. The van der Waals surface area contributed by atoms with Crippen LogP contribution >= 0.6 is 0 Å². The summed E-state index contributed by atoms with van der Waals surface area (Å²) >= 11 is 0. The number of benzene rings is 3. The Morgan fingerprint density at radius 3 is 2.05 bits per heavy atom. The van der Waals surface area contributed by atoms with Gasteiger partial charge in [-0.3, -0.25) is 0 Å². The topological polar surface area (TPSA) is 35.0 Å². The molecular formula is C19H21N. The van der Waals surface area contributed by atoms with Gasteiger partial charge in [-0.1, -0.05) is 54.1 Å². The third-order valence-electron chi connectivity index (χ3n) is 3.99. The molecule has 3 rings (SSSR count). The van der Waals surface area contributed by atoms with Crippen molar-refractivity contribution in [1.29, 1.82) is 0 Å². The zero-order valence-corrected chi connectivity index (χ0v) is 12.4. The molecule has 0 aliphatic rings. The summed E-state index contributed by atoms with van der Waals surface area (Å²) in [5.41, 5.74) is 6.71. The normalized spacial score (nSPS) is 10.3. The molecule has 0 aromatic heterocycles. The maximum atomic E-state index is 2.31. The quantitative estimate of drug-likeness (QED) is 0.610. The van der Waals surface area contributed by atoms with Gasteiger partial charge in [-0.05, 0) is 59.9 Å². The lowest BCUT2D eigenvalue weighted by Crippen LogP contribution is -1.90. The van der Waals surface area contributed by atoms with Crippen molar-refractivity contribution in [1.82, 2.24) is 6.15 Å². The molecule has 0 aliphatic heterocycles. The van der Waals surface area contributed by atoms with Crippen molar-refractivity contribution in [3.05, 3.63) is 71.3 Å². The Labute approximate surface area is 120 Å². The third kappa shape index (κ3) is 2.33. The van der Waals surface area contributed by atoms with Crippen LogP contribution in [0.5, 0.6) is 0 Å².